The minimum Gasteiger partial charge on any atom is -0.474 e. The van der Waals surface area contributed by atoms with E-state index in [0.717, 1.165) is 35.8 Å². The van der Waals surface area contributed by atoms with Gasteiger partial charge in [-0.05, 0) is 24.8 Å². The lowest BCUT2D eigenvalue weighted by Crippen LogP contribution is -2.28. The molecule has 4 rings (SSSR count). The van der Waals surface area contributed by atoms with Crippen LogP contribution >= 0.6 is 0 Å². The van der Waals surface area contributed by atoms with E-state index in [0.29, 0.717) is 18.0 Å². The molecule has 0 radical (unpaired) electrons. The van der Waals surface area contributed by atoms with Crippen molar-refractivity contribution in [1.82, 2.24) is 9.97 Å². The van der Waals surface area contributed by atoms with Crippen LogP contribution in [0.3, 0.4) is 0 Å². The highest BCUT2D eigenvalue weighted by Crippen LogP contribution is 2.36. The van der Waals surface area contributed by atoms with Crippen LogP contribution in [-0.4, -0.2) is 27.3 Å². The van der Waals surface area contributed by atoms with Gasteiger partial charge in [-0.3, -0.25) is 0 Å². The Kier molecular flexibility index (Phi) is 3.71. The van der Waals surface area contributed by atoms with E-state index in [9.17, 15) is 5.11 Å². The van der Waals surface area contributed by atoms with Gasteiger partial charge in [0, 0.05) is 12.0 Å². The third kappa shape index (κ3) is 2.80. The molecule has 2 atom stereocenters. The monoisotopic (exact) mass is 310 g/mol. The number of hydrogen-bond acceptors (Lipinski definition) is 5. The summed E-state index contributed by atoms with van der Waals surface area (Å²) < 4.78 is 11.7. The number of nitrogens with zero attached hydrogens (tertiary/aromatic N) is 2. The number of furan rings is 1. The van der Waals surface area contributed by atoms with Gasteiger partial charge in [-0.25, -0.2) is 9.97 Å². The van der Waals surface area contributed by atoms with Gasteiger partial charge in [-0.15, -0.1) is 0 Å². The Morgan fingerprint density at radius 1 is 1.13 bits per heavy atom. The van der Waals surface area contributed by atoms with Gasteiger partial charge >= 0.3 is 0 Å². The van der Waals surface area contributed by atoms with E-state index in [1.54, 1.807) is 6.26 Å². The summed E-state index contributed by atoms with van der Waals surface area (Å²) in [6.07, 6.45) is 6.23. The largest absolute Gasteiger partial charge is 0.474 e. The summed E-state index contributed by atoms with van der Waals surface area (Å²) in [6, 6.07) is 9.98. The molecule has 0 bridgehead atoms. The number of ether oxygens (including phenoxy) is 1. The van der Waals surface area contributed by atoms with E-state index in [1.807, 2.05) is 30.3 Å². The molecule has 5 heteroatoms. The highest BCUT2D eigenvalue weighted by molar-refractivity contribution is 5.95. The molecule has 1 aromatic carbocycles. The Balaban J connectivity index is 1.73. The fourth-order valence-electron chi connectivity index (χ4n) is 3.15. The van der Waals surface area contributed by atoms with Crippen LogP contribution in [0.4, 0.5) is 0 Å². The summed E-state index contributed by atoms with van der Waals surface area (Å²) in [4.78, 5) is 8.50. The van der Waals surface area contributed by atoms with Gasteiger partial charge in [0.15, 0.2) is 0 Å². The molecule has 5 nitrogen and oxygen atoms in total. The molecular formula is C18H18N2O3. The topological polar surface area (TPSA) is 68.4 Å². The van der Waals surface area contributed by atoms with Crippen molar-refractivity contribution in [3.8, 4) is 17.0 Å². The molecule has 1 fully saturated rings. The van der Waals surface area contributed by atoms with Crippen molar-refractivity contribution in [2.45, 2.75) is 37.9 Å². The Morgan fingerprint density at radius 3 is 2.83 bits per heavy atom. The first kappa shape index (κ1) is 14.2. The van der Waals surface area contributed by atoms with E-state index in [-0.39, 0.29) is 12.2 Å². The van der Waals surface area contributed by atoms with Crippen LogP contribution in [-0.2, 0) is 0 Å². The number of aliphatic hydroxyl groups excluding tert-OH is 1. The molecule has 0 spiro atoms. The second-order valence-electron chi connectivity index (χ2n) is 5.93. The molecule has 0 amide bonds. The third-order valence-corrected chi connectivity index (χ3v) is 4.30. The van der Waals surface area contributed by atoms with Gasteiger partial charge in [0.05, 0.1) is 6.10 Å². The van der Waals surface area contributed by atoms with Gasteiger partial charge in [0.25, 0.3) is 0 Å². The normalized spacial score (nSPS) is 21.4. The Labute approximate surface area is 133 Å². The molecule has 3 aromatic rings. The minimum atomic E-state index is -0.288. The molecule has 0 aliphatic heterocycles. The van der Waals surface area contributed by atoms with Gasteiger partial charge in [-0.1, -0.05) is 30.3 Å². The van der Waals surface area contributed by atoms with Crippen molar-refractivity contribution in [3.63, 3.8) is 0 Å². The lowest BCUT2D eigenvalue weighted by atomic mass is 9.95. The van der Waals surface area contributed by atoms with Gasteiger partial charge in [0.2, 0.25) is 11.6 Å². The highest BCUT2D eigenvalue weighted by Gasteiger charge is 2.24. The number of fused-ring (bicyclic) bond motifs is 1. The minimum absolute atomic E-state index is 0.0182. The van der Waals surface area contributed by atoms with E-state index in [4.69, 9.17) is 9.15 Å². The number of aliphatic hydroxyl groups is 1. The zero-order chi connectivity index (χ0) is 15.6. The highest BCUT2D eigenvalue weighted by atomic mass is 16.5. The zero-order valence-electron chi connectivity index (χ0n) is 12.7. The van der Waals surface area contributed by atoms with Crippen LogP contribution in [0.1, 0.15) is 25.7 Å². The molecule has 1 aliphatic rings. The van der Waals surface area contributed by atoms with Crippen LogP contribution in [0.2, 0.25) is 0 Å². The summed E-state index contributed by atoms with van der Waals surface area (Å²) in [5.74, 6) is 0.529. The maximum Gasteiger partial charge on any atom is 0.233 e. The van der Waals surface area contributed by atoms with Crippen molar-refractivity contribution in [1.29, 1.82) is 0 Å². The molecule has 118 valence electrons. The van der Waals surface area contributed by atoms with E-state index in [2.05, 4.69) is 9.97 Å². The average Bonchev–Trinajstić information content (AvgIpc) is 3.01. The van der Waals surface area contributed by atoms with Crippen LogP contribution < -0.4 is 4.74 Å². The first-order valence-electron chi connectivity index (χ1n) is 7.93. The smallest absolute Gasteiger partial charge is 0.233 e. The van der Waals surface area contributed by atoms with Crippen molar-refractivity contribution < 1.29 is 14.3 Å². The lowest BCUT2D eigenvalue weighted by molar-refractivity contribution is 0.0522. The Hall–Kier alpha value is -2.40. The number of hydrogen-bond donors (Lipinski definition) is 1. The van der Waals surface area contributed by atoms with Crippen molar-refractivity contribution in [3.05, 3.63) is 42.9 Å². The van der Waals surface area contributed by atoms with Crippen molar-refractivity contribution in [2.24, 2.45) is 0 Å². The molecule has 2 aromatic heterocycles. The summed E-state index contributed by atoms with van der Waals surface area (Å²) >= 11 is 0. The molecular weight excluding hydrogens is 292 g/mol. The van der Waals surface area contributed by atoms with E-state index < -0.39 is 0 Å². The fraction of sp³-hybridized carbons (Fsp3) is 0.333. The number of rotatable bonds is 3. The van der Waals surface area contributed by atoms with E-state index in [1.165, 1.54) is 6.33 Å². The molecule has 1 aliphatic carbocycles. The van der Waals surface area contributed by atoms with Crippen molar-refractivity contribution in [2.75, 3.05) is 0 Å². The standard InChI is InChI=1S/C18H18N2O3/c21-13-7-4-8-14(9-13)23-18-16-15(12-5-2-1-3-6-12)10-22-17(16)19-11-20-18/h1-3,5-6,10-11,13-14,21H,4,7-9H2/t13-,14+/m1/s1. The quantitative estimate of drug-likeness (QED) is 0.801. The zero-order valence-corrected chi connectivity index (χ0v) is 12.7. The Bertz CT molecular complexity index is 800. The molecule has 1 saturated carbocycles. The summed E-state index contributed by atoms with van der Waals surface area (Å²) in [5, 5.41) is 10.6. The second-order valence-corrected chi connectivity index (χ2v) is 5.93. The first-order chi connectivity index (χ1) is 11.3. The van der Waals surface area contributed by atoms with Crippen LogP contribution in [0.5, 0.6) is 5.88 Å². The van der Waals surface area contributed by atoms with Crippen LogP contribution in [0.15, 0.2) is 47.3 Å². The second kappa shape index (κ2) is 6.01. The van der Waals surface area contributed by atoms with Gasteiger partial charge < -0.3 is 14.3 Å². The first-order valence-corrected chi connectivity index (χ1v) is 7.93. The SMILES string of the molecule is O[C@@H]1CCC[C@H](Oc2ncnc3occ(-c4ccccc4)c23)C1. The van der Waals surface area contributed by atoms with E-state index >= 15 is 0 Å². The van der Waals surface area contributed by atoms with Gasteiger partial charge in [0.1, 0.15) is 24.1 Å². The third-order valence-electron chi connectivity index (χ3n) is 4.30. The summed E-state index contributed by atoms with van der Waals surface area (Å²) in [7, 11) is 0. The number of benzene rings is 1. The molecule has 0 unspecified atom stereocenters. The average molecular weight is 310 g/mol. The summed E-state index contributed by atoms with van der Waals surface area (Å²) in [6.45, 7) is 0. The maximum absolute atomic E-state index is 9.83. The molecule has 1 N–H and O–H groups in total. The number of aromatic nitrogens is 2. The van der Waals surface area contributed by atoms with Crippen LogP contribution in [0, 0.1) is 0 Å². The molecule has 0 saturated heterocycles. The molecule has 23 heavy (non-hydrogen) atoms. The van der Waals surface area contributed by atoms with Gasteiger partial charge in [-0.2, -0.15) is 0 Å². The van der Waals surface area contributed by atoms with Crippen LogP contribution in [0.25, 0.3) is 22.2 Å². The maximum atomic E-state index is 9.83. The Morgan fingerprint density at radius 2 is 2.00 bits per heavy atom. The van der Waals surface area contributed by atoms with Crippen molar-refractivity contribution >= 4 is 11.1 Å². The lowest BCUT2D eigenvalue weighted by Gasteiger charge is -2.26. The predicted molar refractivity (Wildman–Crippen MR) is 86.1 cm³/mol. The summed E-state index contributed by atoms with van der Waals surface area (Å²) in [5.41, 5.74) is 2.48. The predicted octanol–water partition coefficient (Wildman–Crippen LogP) is 3.57. The fourth-order valence-corrected chi connectivity index (χ4v) is 3.15. The molecule has 2 heterocycles.